The summed E-state index contributed by atoms with van der Waals surface area (Å²) in [7, 11) is -3.64. The third kappa shape index (κ3) is 8.40. The summed E-state index contributed by atoms with van der Waals surface area (Å²) in [5.41, 5.74) is 2.41. The number of aliphatic hydroxyl groups excluding tert-OH is 1. The topological polar surface area (TPSA) is 134 Å². The average molecular weight is 523 g/mol. The Morgan fingerprint density at radius 3 is 2.44 bits per heavy atom. The fraction of sp³-hybridized carbons (Fsp3) is 0.333. The van der Waals surface area contributed by atoms with E-state index < -0.39 is 39.7 Å². The minimum absolute atomic E-state index is 0.0659. The van der Waals surface area contributed by atoms with Gasteiger partial charge < -0.3 is 20.3 Å². The Balaban J connectivity index is 1.71. The number of anilines is 1. The molecule has 0 bridgehead atoms. The first kappa shape index (κ1) is 27.2. The Morgan fingerprint density at radius 1 is 1.08 bits per heavy atom. The molecule has 1 aromatic heterocycles. The SMILES string of the molecule is CCc1cccc(CNC[C@H](O)[C@H](Cc2cc(F)cc(F)c2)NC(=O)c2cc(NS(C)(=O)=O)no2)c1. The highest BCUT2D eigenvalue weighted by molar-refractivity contribution is 7.92. The highest BCUT2D eigenvalue weighted by Gasteiger charge is 2.25. The van der Waals surface area contributed by atoms with Crippen molar-refractivity contribution in [3.05, 3.63) is 82.6 Å². The van der Waals surface area contributed by atoms with Crippen molar-refractivity contribution < 1.29 is 31.6 Å². The minimum Gasteiger partial charge on any atom is -0.390 e. The molecule has 9 nitrogen and oxygen atoms in total. The zero-order valence-electron chi connectivity index (χ0n) is 19.8. The second-order valence-corrected chi connectivity index (χ2v) is 10.1. The van der Waals surface area contributed by atoms with Crippen LogP contribution in [0.25, 0.3) is 0 Å². The molecule has 2 aromatic carbocycles. The molecule has 1 amide bonds. The molecule has 3 rings (SSSR count). The normalized spacial score (nSPS) is 13.2. The van der Waals surface area contributed by atoms with E-state index in [1.54, 1.807) is 0 Å². The van der Waals surface area contributed by atoms with E-state index in [0.29, 0.717) is 6.54 Å². The van der Waals surface area contributed by atoms with E-state index in [-0.39, 0.29) is 30.1 Å². The second-order valence-electron chi connectivity index (χ2n) is 8.38. The fourth-order valence-corrected chi connectivity index (χ4v) is 4.07. The van der Waals surface area contributed by atoms with E-state index >= 15 is 0 Å². The van der Waals surface area contributed by atoms with E-state index in [9.17, 15) is 27.1 Å². The van der Waals surface area contributed by atoms with E-state index in [0.717, 1.165) is 42.5 Å². The summed E-state index contributed by atoms with van der Waals surface area (Å²) in [5, 5.41) is 20.0. The molecule has 2 atom stereocenters. The zero-order chi connectivity index (χ0) is 26.3. The number of aromatic nitrogens is 1. The number of carbonyl (C=O) groups excluding carboxylic acids is 1. The number of sulfonamides is 1. The van der Waals surface area contributed by atoms with Gasteiger partial charge in [0.25, 0.3) is 5.91 Å². The Bertz CT molecular complexity index is 1280. The summed E-state index contributed by atoms with van der Waals surface area (Å²) >= 11 is 0. The van der Waals surface area contributed by atoms with Crippen molar-refractivity contribution in [3.8, 4) is 0 Å². The zero-order valence-corrected chi connectivity index (χ0v) is 20.6. The number of nitrogens with zero attached hydrogens (tertiary/aromatic N) is 1. The average Bonchev–Trinajstić information content (AvgIpc) is 3.25. The first-order valence-electron chi connectivity index (χ1n) is 11.2. The summed E-state index contributed by atoms with van der Waals surface area (Å²) in [4.78, 5) is 12.7. The standard InChI is InChI=1S/C24H28F2N4O5S/c1-3-15-5-4-6-16(7-15)13-27-14-21(31)20(10-17-8-18(25)11-19(26)9-17)28-24(32)22-12-23(29-35-22)30-36(2,33)34/h4-9,11-12,20-21,27,31H,3,10,13-14H2,1-2H3,(H,28,32)(H,29,30)/t20-,21-/m0/s1. The number of carbonyl (C=O) groups is 1. The van der Waals surface area contributed by atoms with Crippen molar-refractivity contribution in [3.63, 3.8) is 0 Å². The lowest BCUT2D eigenvalue weighted by Crippen LogP contribution is -2.48. The van der Waals surface area contributed by atoms with Crippen molar-refractivity contribution in [2.75, 3.05) is 17.5 Å². The monoisotopic (exact) mass is 522 g/mol. The molecule has 0 saturated heterocycles. The first-order valence-corrected chi connectivity index (χ1v) is 13.1. The van der Waals surface area contributed by atoms with Gasteiger partial charge in [-0.1, -0.05) is 36.3 Å². The summed E-state index contributed by atoms with van der Waals surface area (Å²) < 4.78 is 57.1. The van der Waals surface area contributed by atoms with Crippen molar-refractivity contribution >= 4 is 21.7 Å². The van der Waals surface area contributed by atoms with E-state index in [1.165, 1.54) is 5.56 Å². The number of aryl methyl sites for hydroxylation is 1. The molecule has 0 aliphatic carbocycles. The van der Waals surface area contributed by atoms with Crippen molar-refractivity contribution in [1.82, 2.24) is 15.8 Å². The van der Waals surface area contributed by atoms with Gasteiger partial charge in [0.05, 0.1) is 18.4 Å². The lowest BCUT2D eigenvalue weighted by Gasteiger charge is -2.24. The smallest absolute Gasteiger partial charge is 0.290 e. The van der Waals surface area contributed by atoms with Crippen LogP contribution in [-0.2, 0) is 29.4 Å². The molecule has 3 aromatic rings. The lowest BCUT2D eigenvalue weighted by molar-refractivity contribution is 0.0797. The van der Waals surface area contributed by atoms with Crippen LogP contribution in [0.1, 0.15) is 34.2 Å². The van der Waals surface area contributed by atoms with Crippen LogP contribution in [0.15, 0.2) is 53.1 Å². The van der Waals surface area contributed by atoms with E-state index in [2.05, 4.69) is 20.5 Å². The van der Waals surface area contributed by atoms with Gasteiger partial charge >= 0.3 is 0 Å². The van der Waals surface area contributed by atoms with Crippen LogP contribution < -0.4 is 15.4 Å². The highest BCUT2D eigenvalue weighted by atomic mass is 32.2. The molecule has 12 heteroatoms. The van der Waals surface area contributed by atoms with Gasteiger partial charge in [-0.15, -0.1) is 0 Å². The molecular weight excluding hydrogens is 494 g/mol. The molecule has 0 radical (unpaired) electrons. The molecule has 0 saturated carbocycles. The highest BCUT2D eigenvalue weighted by Crippen LogP contribution is 2.14. The predicted molar refractivity (Wildman–Crippen MR) is 130 cm³/mol. The largest absolute Gasteiger partial charge is 0.390 e. The minimum atomic E-state index is -3.64. The molecule has 36 heavy (non-hydrogen) atoms. The molecule has 4 N–H and O–H groups in total. The van der Waals surface area contributed by atoms with Gasteiger partial charge in [0, 0.05) is 25.2 Å². The Kier molecular flexibility index (Phi) is 9.13. The van der Waals surface area contributed by atoms with Gasteiger partial charge in [0.1, 0.15) is 11.6 Å². The molecule has 0 spiro atoms. The van der Waals surface area contributed by atoms with Crippen LogP contribution in [0, 0.1) is 11.6 Å². The summed E-state index contributed by atoms with van der Waals surface area (Å²) in [6.45, 7) is 2.58. The van der Waals surface area contributed by atoms with Crippen LogP contribution in [-0.4, -0.2) is 49.5 Å². The van der Waals surface area contributed by atoms with E-state index in [4.69, 9.17) is 4.52 Å². The fourth-order valence-electron chi connectivity index (χ4n) is 3.59. The number of hydrogen-bond donors (Lipinski definition) is 4. The van der Waals surface area contributed by atoms with Gasteiger partial charge in [0.2, 0.25) is 15.8 Å². The van der Waals surface area contributed by atoms with Crippen LogP contribution in [0.2, 0.25) is 0 Å². The molecule has 0 fully saturated rings. The summed E-state index contributed by atoms with van der Waals surface area (Å²) in [6.07, 6.45) is 0.568. The quantitative estimate of drug-likeness (QED) is 0.287. The van der Waals surface area contributed by atoms with Gasteiger partial charge in [-0.3, -0.25) is 9.52 Å². The molecule has 1 heterocycles. The van der Waals surface area contributed by atoms with Crippen LogP contribution in [0.5, 0.6) is 0 Å². The summed E-state index contributed by atoms with van der Waals surface area (Å²) in [5.74, 6) is -2.87. The molecular formula is C24H28F2N4O5S. The number of rotatable bonds is 12. The number of nitrogens with one attached hydrogen (secondary N) is 3. The van der Waals surface area contributed by atoms with Crippen LogP contribution >= 0.6 is 0 Å². The third-order valence-corrected chi connectivity index (χ3v) is 5.84. The molecule has 0 aliphatic rings. The number of hydrogen-bond acceptors (Lipinski definition) is 7. The summed E-state index contributed by atoms with van der Waals surface area (Å²) in [6, 6.07) is 11.0. The van der Waals surface area contributed by atoms with Gasteiger partial charge in [-0.05, 0) is 41.7 Å². The molecule has 0 unspecified atom stereocenters. The van der Waals surface area contributed by atoms with Gasteiger partial charge in [-0.25, -0.2) is 17.2 Å². The Labute approximate surface area is 207 Å². The Hall–Kier alpha value is -3.35. The number of aliphatic hydroxyl groups is 1. The van der Waals surface area contributed by atoms with Gasteiger partial charge in [0.15, 0.2) is 5.82 Å². The maximum atomic E-state index is 13.7. The Morgan fingerprint density at radius 2 is 1.78 bits per heavy atom. The van der Waals surface area contributed by atoms with Crippen LogP contribution in [0.4, 0.5) is 14.6 Å². The second kappa shape index (κ2) is 12.1. The predicted octanol–water partition coefficient (Wildman–Crippen LogP) is 2.38. The first-order chi connectivity index (χ1) is 17.0. The van der Waals surface area contributed by atoms with Crippen molar-refractivity contribution in [2.24, 2.45) is 0 Å². The molecule has 0 aliphatic heterocycles. The number of halogens is 2. The maximum absolute atomic E-state index is 13.7. The van der Waals surface area contributed by atoms with E-state index in [1.807, 2.05) is 31.2 Å². The van der Waals surface area contributed by atoms with Gasteiger partial charge in [-0.2, -0.15) is 0 Å². The molecule has 194 valence electrons. The van der Waals surface area contributed by atoms with Crippen molar-refractivity contribution in [1.29, 1.82) is 0 Å². The number of amides is 1. The maximum Gasteiger partial charge on any atom is 0.290 e. The lowest BCUT2D eigenvalue weighted by atomic mass is 10.00. The third-order valence-electron chi connectivity index (χ3n) is 5.27. The van der Waals surface area contributed by atoms with Crippen molar-refractivity contribution in [2.45, 2.75) is 38.5 Å². The van der Waals surface area contributed by atoms with Crippen LogP contribution in [0.3, 0.4) is 0 Å². The number of benzene rings is 2.